The minimum atomic E-state index is -0.364. The Hall–Kier alpha value is -1.14. The van der Waals surface area contributed by atoms with Crippen LogP contribution in [0.1, 0.15) is 41.8 Å². The Labute approximate surface area is 124 Å². The number of urea groups is 1. The zero-order chi connectivity index (χ0) is 14.7. The van der Waals surface area contributed by atoms with Crippen LogP contribution < -0.4 is 5.32 Å². The summed E-state index contributed by atoms with van der Waals surface area (Å²) in [6.45, 7) is 7.03. The number of thiazole rings is 1. The first kappa shape index (κ1) is 15.3. The molecule has 0 spiro atoms. The van der Waals surface area contributed by atoms with Gasteiger partial charge in [0.2, 0.25) is 0 Å². The minimum Gasteiger partial charge on any atom is -0.393 e. The van der Waals surface area contributed by atoms with Gasteiger partial charge in [0.1, 0.15) is 0 Å². The number of nitrogens with one attached hydrogen (secondary N) is 1. The SMILES string of the molecule is Cc1nc(CNC(=O)N2CCCC2CC(C)O)c(C)s1. The van der Waals surface area contributed by atoms with Crippen LogP contribution in [0.5, 0.6) is 0 Å². The summed E-state index contributed by atoms with van der Waals surface area (Å²) in [6.07, 6.45) is 2.28. The van der Waals surface area contributed by atoms with Crippen LogP contribution in [0.15, 0.2) is 0 Å². The molecule has 1 aromatic rings. The van der Waals surface area contributed by atoms with E-state index in [-0.39, 0.29) is 18.2 Å². The van der Waals surface area contributed by atoms with Crippen molar-refractivity contribution in [2.75, 3.05) is 6.54 Å². The van der Waals surface area contributed by atoms with E-state index in [9.17, 15) is 9.90 Å². The summed E-state index contributed by atoms with van der Waals surface area (Å²) >= 11 is 1.65. The van der Waals surface area contributed by atoms with Crippen LogP contribution >= 0.6 is 11.3 Å². The van der Waals surface area contributed by atoms with E-state index < -0.39 is 0 Å². The molecule has 1 saturated heterocycles. The number of likely N-dealkylation sites (tertiary alicyclic amines) is 1. The summed E-state index contributed by atoms with van der Waals surface area (Å²) < 4.78 is 0. The maximum Gasteiger partial charge on any atom is 0.317 e. The van der Waals surface area contributed by atoms with Crippen molar-refractivity contribution in [2.45, 2.75) is 58.7 Å². The number of aliphatic hydroxyl groups is 1. The summed E-state index contributed by atoms with van der Waals surface area (Å²) in [5, 5.41) is 13.5. The van der Waals surface area contributed by atoms with Crippen molar-refractivity contribution in [3.63, 3.8) is 0 Å². The minimum absolute atomic E-state index is 0.0433. The summed E-state index contributed by atoms with van der Waals surface area (Å²) in [4.78, 5) is 19.7. The standard InChI is InChI=1S/C14H23N3O2S/c1-9(18)7-12-5-4-6-17(12)14(19)15-8-13-10(2)20-11(3)16-13/h9,12,18H,4-8H2,1-3H3,(H,15,19). The lowest BCUT2D eigenvalue weighted by Crippen LogP contribution is -2.43. The number of amides is 2. The van der Waals surface area contributed by atoms with Gasteiger partial charge in [-0.1, -0.05) is 0 Å². The molecule has 2 N–H and O–H groups in total. The monoisotopic (exact) mass is 297 g/mol. The molecule has 0 aromatic carbocycles. The van der Waals surface area contributed by atoms with Gasteiger partial charge >= 0.3 is 6.03 Å². The molecule has 20 heavy (non-hydrogen) atoms. The van der Waals surface area contributed by atoms with E-state index in [1.165, 1.54) is 0 Å². The van der Waals surface area contributed by atoms with E-state index in [0.29, 0.717) is 13.0 Å². The van der Waals surface area contributed by atoms with Gasteiger partial charge in [-0.15, -0.1) is 11.3 Å². The Morgan fingerprint density at radius 2 is 2.35 bits per heavy atom. The predicted molar refractivity (Wildman–Crippen MR) is 79.8 cm³/mol. The first-order chi connectivity index (χ1) is 9.47. The third kappa shape index (κ3) is 3.70. The number of carbonyl (C=O) groups excluding carboxylic acids is 1. The van der Waals surface area contributed by atoms with Gasteiger partial charge in [0.05, 0.1) is 23.4 Å². The molecule has 2 atom stereocenters. The average molecular weight is 297 g/mol. The summed E-state index contributed by atoms with van der Waals surface area (Å²) in [7, 11) is 0. The number of hydrogen-bond acceptors (Lipinski definition) is 4. The van der Waals surface area contributed by atoms with E-state index in [1.807, 2.05) is 18.7 Å². The summed E-state index contributed by atoms with van der Waals surface area (Å²) in [6, 6.07) is 0.117. The largest absolute Gasteiger partial charge is 0.393 e. The number of rotatable bonds is 4. The molecule has 2 heterocycles. The lowest BCUT2D eigenvalue weighted by molar-refractivity contribution is 0.138. The lowest BCUT2D eigenvalue weighted by Gasteiger charge is -2.25. The Bertz CT molecular complexity index is 473. The molecule has 0 bridgehead atoms. The molecule has 5 nitrogen and oxygen atoms in total. The van der Waals surface area contributed by atoms with Crippen molar-refractivity contribution in [3.8, 4) is 0 Å². The van der Waals surface area contributed by atoms with Crippen LogP contribution in [0.4, 0.5) is 4.79 Å². The molecule has 2 rings (SSSR count). The third-order valence-electron chi connectivity index (χ3n) is 3.66. The molecule has 0 aliphatic carbocycles. The van der Waals surface area contributed by atoms with Crippen molar-refractivity contribution >= 4 is 17.4 Å². The van der Waals surface area contributed by atoms with Crippen LogP contribution in [0.25, 0.3) is 0 Å². The van der Waals surface area contributed by atoms with E-state index in [0.717, 1.165) is 35.0 Å². The fourth-order valence-corrected chi connectivity index (χ4v) is 3.57. The van der Waals surface area contributed by atoms with Gasteiger partial charge in [-0.2, -0.15) is 0 Å². The fourth-order valence-electron chi connectivity index (χ4n) is 2.74. The fraction of sp³-hybridized carbons (Fsp3) is 0.714. The Morgan fingerprint density at radius 3 is 2.95 bits per heavy atom. The number of hydrogen-bond donors (Lipinski definition) is 2. The predicted octanol–water partition coefficient (Wildman–Crippen LogP) is 2.20. The Balaban J connectivity index is 1.89. The van der Waals surface area contributed by atoms with Gasteiger partial charge in [0.25, 0.3) is 0 Å². The van der Waals surface area contributed by atoms with Crippen molar-refractivity contribution in [3.05, 3.63) is 15.6 Å². The van der Waals surface area contributed by atoms with Crippen molar-refractivity contribution in [2.24, 2.45) is 0 Å². The van der Waals surface area contributed by atoms with Crippen molar-refractivity contribution < 1.29 is 9.90 Å². The normalized spacial score (nSPS) is 20.2. The molecule has 112 valence electrons. The molecule has 1 aliphatic rings. The highest BCUT2D eigenvalue weighted by Gasteiger charge is 2.29. The topological polar surface area (TPSA) is 65.5 Å². The van der Waals surface area contributed by atoms with E-state index >= 15 is 0 Å². The maximum absolute atomic E-state index is 12.2. The van der Waals surface area contributed by atoms with Crippen LogP contribution in [-0.4, -0.2) is 39.7 Å². The summed E-state index contributed by atoms with van der Waals surface area (Å²) in [5.74, 6) is 0. The van der Waals surface area contributed by atoms with E-state index in [4.69, 9.17) is 0 Å². The second kappa shape index (κ2) is 6.54. The van der Waals surface area contributed by atoms with E-state index in [1.54, 1.807) is 18.3 Å². The number of aliphatic hydroxyl groups excluding tert-OH is 1. The van der Waals surface area contributed by atoms with Crippen molar-refractivity contribution in [1.82, 2.24) is 15.2 Å². The lowest BCUT2D eigenvalue weighted by atomic mass is 10.1. The molecule has 1 aliphatic heterocycles. The number of aromatic nitrogens is 1. The second-order valence-electron chi connectivity index (χ2n) is 5.47. The maximum atomic E-state index is 12.2. The molecule has 0 saturated carbocycles. The zero-order valence-corrected chi connectivity index (χ0v) is 13.2. The quantitative estimate of drug-likeness (QED) is 0.895. The van der Waals surface area contributed by atoms with Gasteiger partial charge in [-0.25, -0.2) is 9.78 Å². The number of nitrogens with zero attached hydrogens (tertiary/aromatic N) is 2. The van der Waals surface area contributed by atoms with Gasteiger partial charge in [-0.05, 0) is 40.0 Å². The van der Waals surface area contributed by atoms with Gasteiger partial charge in [0.15, 0.2) is 0 Å². The summed E-state index contributed by atoms with van der Waals surface area (Å²) in [5.41, 5.74) is 0.951. The van der Waals surface area contributed by atoms with Gasteiger partial charge in [-0.3, -0.25) is 0 Å². The highest BCUT2D eigenvalue weighted by atomic mass is 32.1. The first-order valence-corrected chi connectivity index (χ1v) is 7.94. The molecular formula is C14H23N3O2S. The number of carbonyl (C=O) groups is 1. The third-order valence-corrected chi connectivity index (χ3v) is 4.59. The molecule has 1 aromatic heterocycles. The Kier molecular flexibility index (Phi) is 4.99. The average Bonchev–Trinajstić information content (AvgIpc) is 2.92. The van der Waals surface area contributed by atoms with Crippen LogP contribution in [-0.2, 0) is 6.54 Å². The second-order valence-corrected chi connectivity index (χ2v) is 6.88. The Morgan fingerprint density at radius 1 is 1.60 bits per heavy atom. The molecular weight excluding hydrogens is 274 g/mol. The van der Waals surface area contributed by atoms with Crippen molar-refractivity contribution in [1.29, 1.82) is 0 Å². The van der Waals surface area contributed by atoms with Gasteiger partial charge in [0, 0.05) is 17.5 Å². The molecule has 2 unspecified atom stereocenters. The highest BCUT2D eigenvalue weighted by molar-refractivity contribution is 7.11. The molecule has 2 amide bonds. The molecule has 1 fully saturated rings. The number of aryl methyl sites for hydroxylation is 2. The smallest absolute Gasteiger partial charge is 0.317 e. The molecule has 0 radical (unpaired) electrons. The zero-order valence-electron chi connectivity index (χ0n) is 12.3. The van der Waals surface area contributed by atoms with Crippen LogP contribution in [0, 0.1) is 13.8 Å². The van der Waals surface area contributed by atoms with Crippen LogP contribution in [0.2, 0.25) is 0 Å². The highest BCUT2D eigenvalue weighted by Crippen LogP contribution is 2.22. The first-order valence-electron chi connectivity index (χ1n) is 7.13. The van der Waals surface area contributed by atoms with E-state index in [2.05, 4.69) is 10.3 Å². The van der Waals surface area contributed by atoms with Crippen LogP contribution in [0.3, 0.4) is 0 Å². The van der Waals surface area contributed by atoms with Gasteiger partial charge < -0.3 is 15.3 Å². The molecule has 6 heteroatoms.